The van der Waals surface area contributed by atoms with Gasteiger partial charge in [-0.1, -0.05) is 5.16 Å². The van der Waals surface area contributed by atoms with Gasteiger partial charge in [0.15, 0.2) is 11.6 Å². The average molecular weight is 332 g/mol. The molecule has 24 heavy (non-hydrogen) atoms. The van der Waals surface area contributed by atoms with Crippen molar-refractivity contribution in [2.75, 3.05) is 13.1 Å². The Labute approximate surface area is 135 Å². The van der Waals surface area contributed by atoms with Crippen LogP contribution in [-0.2, 0) is 0 Å². The summed E-state index contributed by atoms with van der Waals surface area (Å²) in [6.45, 7) is 1.85. The van der Waals surface area contributed by atoms with Crippen LogP contribution in [0, 0.1) is 11.6 Å². The molecule has 1 aliphatic rings. The summed E-state index contributed by atoms with van der Waals surface area (Å²) in [7, 11) is 0. The van der Waals surface area contributed by atoms with Crippen molar-refractivity contribution < 1.29 is 13.3 Å². The molecule has 0 spiro atoms. The van der Waals surface area contributed by atoms with Gasteiger partial charge in [-0.2, -0.15) is 4.98 Å². The average Bonchev–Trinajstić information content (AvgIpc) is 3.27. The molecule has 0 radical (unpaired) electrons. The lowest BCUT2D eigenvalue weighted by Gasteiger charge is -2.22. The van der Waals surface area contributed by atoms with E-state index >= 15 is 0 Å². The normalized spacial score (nSPS) is 18.0. The molecule has 2 aromatic heterocycles. The summed E-state index contributed by atoms with van der Waals surface area (Å²) < 4.78 is 33.2. The summed E-state index contributed by atoms with van der Waals surface area (Å²) in [5.74, 6) is -1.30. The third-order valence-electron chi connectivity index (χ3n) is 3.95. The van der Waals surface area contributed by atoms with E-state index in [-0.39, 0.29) is 17.8 Å². The number of piperidine rings is 1. The predicted molar refractivity (Wildman–Crippen MR) is 79.8 cm³/mol. The SMILES string of the molecule is Fc1ccc(-c2noc(-c3ncn(C4CCCNC4)n3)n2)cc1F. The Balaban J connectivity index is 1.58. The van der Waals surface area contributed by atoms with Gasteiger partial charge in [-0.25, -0.2) is 18.4 Å². The third-order valence-corrected chi connectivity index (χ3v) is 3.95. The van der Waals surface area contributed by atoms with E-state index in [1.165, 1.54) is 6.07 Å². The number of hydrogen-bond donors (Lipinski definition) is 1. The van der Waals surface area contributed by atoms with Gasteiger partial charge in [-0.15, -0.1) is 5.10 Å². The summed E-state index contributed by atoms with van der Waals surface area (Å²) >= 11 is 0. The maximum Gasteiger partial charge on any atom is 0.297 e. The Morgan fingerprint density at radius 1 is 1.21 bits per heavy atom. The first-order valence-electron chi connectivity index (χ1n) is 7.62. The monoisotopic (exact) mass is 332 g/mol. The molecule has 0 bridgehead atoms. The summed E-state index contributed by atoms with van der Waals surface area (Å²) in [6.07, 6.45) is 3.74. The van der Waals surface area contributed by atoms with E-state index in [1.807, 2.05) is 0 Å². The number of rotatable bonds is 3. The molecule has 1 atom stereocenters. The molecule has 1 aromatic carbocycles. The Morgan fingerprint density at radius 3 is 2.92 bits per heavy atom. The van der Waals surface area contributed by atoms with E-state index in [0.717, 1.165) is 38.1 Å². The fraction of sp³-hybridized carbons (Fsp3) is 0.333. The van der Waals surface area contributed by atoms with Crippen LogP contribution in [0.15, 0.2) is 29.0 Å². The first kappa shape index (κ1) is 14.9. The van der Waals surface area contributed by atoms with Crippen LogP contribution < -0.4 is 5.32 Å². The van der Waals surface area contributed by atoms with Crippen molar-refractivity contribution >= 4 is 0 Å². The lowest BCUT2D eigenvalue weighted by Crippen LogP contribution is -2.31. The second-order valence-electron chi connectivity index (χ2n) is 5.60. The highest BCUT2D eigenvalue weighted by Crippen LogP contribution is 2.22. The number of halogens is 2. The largest absolute Gasteiger partial charge is 0.330 e. The topological polar surface area (TPSA) is 81.7 Å². The minimum atomic E-state index is -0.967. The number of hydrogen-bond acceptors (Lipinski definition) is 6. The molecule has 0 amide bonds. The summed E-state index contributed by atoms with van der Waals surface area (Å²) in [6, 6.07) is 3.66. The fourth-order valence-corrected chi connectivity index (χ4v) is 2.67. The van der Waals surface area contributed by atoms with Crippen LogP contribution >= 0.6 is 0 Å². The van der Waals surface area contributed by atoms with Crippen molar-refractivity contribution in [2.24, 2.45) is 0 Å². The van der Waals surface area contributed by atoms with Gasteiger partial charge >= 0.3 is 0 Å². The molecule has 7 nitrogen and oxygen atoms in total. The molecule has 9 heteroatoms. The molecular weight excluding hydrogens is 318 g/mol. The molecular formula is C15H14F2N6O. The fourth-order valence-electron chi connectivity index (χ4n) is 2.67. The lowest BCUT2D eigenvalue weighted by molar-refractivity contribution is 0.345. The summed E-state index contributed by atoms with van der Waals surface area (Å²) in [5, 5.41) is 11.5. The highest BCUT2D eigenvalue weighted by atomic mass is 19.2. The van der Waals surface area contributed by atoms with E-state index in [2.05, 4.69) is 25.5 Å². The van der Waals surface area contributed by atoms with Crippen LogP contribution in [0.4, 0.5) is 8.78 Å². The van der Waals surface area contributed by atoms with Crippen molar-refractivity contribution in [3.8, 4) is 23.1 Å². The van der Waals surface area contributed by atoms with Gasteiger partial charge in [0, 0.05) is 12.1 Å². The zero-order valence-corrected chi connectivity index (χ0v) is 12.6. The molecule has 1 N–H and O–H groups in total. The molecule has 0 aliphatic carbocycles. The van der Waals surface area contributed by atoms with Crippen LogP contribution in [0.3, 0.4) is 0 Å². The van der Waals surface area contributed by atoms with Gasteiger partial charge in [-0.3, -0.25) is 0 Å². The minimum absolute atomic E-state index is 0.136. The first-order chi connectivity index (χ1) is 11.7. The Bertz CT molecular complexity index is 855. The van der Waals surface area contributed by atoms with Crippen molar-refractivity contribution in [2.45, 2.75) is 18.9 Å². The number of aromatic nitrogens is 5. The minimum Gasteiger partial charge on any atom is -0.330 e. The zero-order chi connectivity index (χ0) is 16.5. The van der Waals surface area contributed by atoms with Crippen molar-refractivity contribution in [1.29, 1.82) is 0 Å². The first-order valence-corrected chi connectivity index (χ1v) is 7.62. The maximum atomic E-state index is 13.3. The molecule has 1 saturated heterocycles. The van der Waals surface area contributed by atoms with E-state index in [1.54, 1.807) is 11.0 Å². The molecule has 3 heterocycles. The van der Waals surface area contributed by atoms with E-state index in [4.69, 9.17) is 4.52 Å². The highest BCUT2D eigenvalue weighted by molar-refractivity contribution is 5.56. The van der Waals surface area contributed by atoms with Crippen molar-refractivity contribution in [1.82, 2.24) is 30.2 Å². The van der Waals surface area contributed by atoms with Crippen LogP contribution in [-0.4, -0.2) is 38.0 Å². The molecule has 3 aromatic rings. The second kappa shape index (κ2) is 6.08. The third kappa shape index (κ3) is 2.78. The van der Waals surface area contributed by atoms with Gasteiger partial charge < -0.3 is 9.84 Å². The van der Waals surface area contributed by atoms with Crippen molar-refractivity contribution in [3.05, 3.63) is 36.2 Å². The lowest BCUT2D eigenvalue weighted by atomic mass is 10.1. The van der Waals surface area contributed by atoms with Crippen LogP contribution in [0.5, 0.6) is 0 Å². The van der Waals surface area contributed by atoms with Crippen molar-refractivity contribution in [3.63, 3.8) is 0 Å². The van der Waals surface area contributed by atoms with E-state index < -0.39 is 11.6 Å². The molecule has 1 fully saturated rings. The zero-order valence-electron chi connectivity index (χ0n) is 12.6. The number of nitrogens with one attached hydrogen (secondary N) is 1. The van der Waals surface area contributed by atoms with E-state index in [0.29, 0.717) is 11.4 Å². The Kier molecular flexibility index (Phi) is 3.77. The Hall–Kier alpha value is -2.68. The highest BCUT2D eigenvalue weighted by Gasteiger charge is 2.20. The molecule has 1 aliphatic heterocycles. The number of benzene rings is 1. The summed E-state index contributed by atoms with van der Waals surface area (Å²) in [4.78, 5) is 8.35. The quantitative estimate of drug-likeness (QED) is 0.792. The van der Waals surface area contributed by atoms with Crippen LogP contribution in [0.2, 0.25) is 0 Å². The molecule has 0 saturated carbocycles. The molecule has 124 valence electrons. The van der Waals surface area contributed by atoms with Gasteiger partial charge in [0.1, 0.15) is 6.33 Å². The van der Waals surface area contributed by atoms with Gasteiger partial charge in [0.2, 0.25) is 11.6 Å². The Morgan fingerprint density at radius 2 is 2.12 bits per heavy atom. The summed E-state index contributed by atoms with van der Waals surface area (Å²) in [5.41, 5.74) is 0.319. The standard InChI is InChI=1S/C15H14F2N6O/c16-11-4-3-9(6-12(11)17)13-20-15(24-22-13)14-19-8-23(21-14)10-2-1-5-18-7-10/h3-4,6,8,10,18H,1-2,5,7H2. The van der Waals surface area contributed by atoms with Crippen LogP contribution in [0.25, 0.3) is 23.1 Å². The molecule has 1 unspecified atom stereocenters. The van der Waals surface area contributed by atoms with Gasteiger partial charge in [-0.05, 0) is 37.6 Å². The van der Waals surface area contributed by atoms with Gasteiger partial charge in [0.25, 0.3) is 5.89 Å². The molecule has 4 rings (SSSR count). The number of nitrogens with zero attached hydrogens (tertiary/aromatic N) is 5. The van der Waals surface area contributed by atoms with Gasteiger partial charge in [0.05, 0.1) is 6.04 Å². The van der Waals surface area contributed by atoms with E-state index in [9.17, 15) is 8.78 Å². The second-order valence-corrected chi connectivity index (χ2v) is 5.60. The maximum absolute atomic E-state index is 13.3. The smallest absolute Gasteiger partial charge is 0.297 e. The predicted octanol–water partition coefficient (Wildman–Crippen LogP) is 2.20. The van der Waals surface area contributed by atoms with Crippen LogP contribution in [0.1, 0.15) is 18.9 Å².